The smallest absolute Gasteiger partial charge is 0.243 e. The van der Waals surface area contributed by atoms with Gasteiger partial charge in [0, 0.05) is 19.6 Å². The van der Waals surface area contributed by atoms with E-state index in [0.29, 0.717) is 5.41 Å². The number of hydrogen-bond acceptors (Lipinski definition) is 5. The van der Waals surface area contributed by atoms with Crippen LogP contribution in [0.15, 0.2) is 47.4 Å². The van der Waals surface area contributed by atoms with E-state index in [1.807, 2.05) is 6.92 Å². The molecule has 1 fully saturated rings. The van der Waals surface area contributed by atoms with E-state index in [0.717, 1.165) is 49.9 Å². The zero-order valence-corrected chi connectivity index (χ0v) is 24.4. The van der Waals surface area contributed by atoms with Crippen LogP contribution in [0, 0.1) is 12.3 Å². The van der Waals surface area contributed by atoms with Crippen molar-refractivity contribution in [2.24, 2.45) is 5.41 Å². The van der Waals surface area contributed by atoms with Crippen molar-refractivity contribution in [1.29, 1.82) is 0 Å². The molecule has 0 bridgehead atoms. The molecule has 8 nitrogen and oxygen atoms in total. The lowest BCUT2D eigenvalue weighted by Gasteiger charge is -2.34. The first kappa shape index (κ1) is 29.2. The van der Waals surface area contributed by atoms with Crippen LogP contribution in [0.1, 0.15) is 74.8 Å². The number of nitrogens with one attached hydrogen (secondary N) is 3. The molecule has 3 N–H and O–H groups in total. The molecule has 1 saturated heterocycles. The van der Waals surface area contributed by atoms with Crippen LogP contribution in [0.25, 0.3) is 0 Å². The van der Waals surface area contributed by atoms with E-state index >= 15 is 0 Å². The van der Waals surface area contributed by atoms with E-state index in [1.54, 1.807) is 24.3 Å². The first-order valence-electron chi connectivity index (χ1n) is 13.9. The average molecular weight is 555 g/mol. The van der Waals surface area contributed by atoms with Crippen molar-refractivity contribution < 1.29 is 18.0 Å². The van der Waals surface area contributed by atoms with E-state index in [9.17, 15) is 18.0 Å². The summed E-state index contributed by atoms with van der Waals surface area (Å²) >= 11 is 0. The van der Waals surface area contributed by atoms with E-state index in [2.05, 4.69) is 54.9 Å². The molecule has 2 aromatic rings. The molecule has 2 amide bonds. The number of rotatable bonds is 9. The number of carbonyl (C=O) groups is 2. The summed E-state index contributed by atoms with van der Waals surface area (Å²) in [4.78, 5) is 26.1. The van der Waals surface area contributed by atoms with Crippen LogP contribution in [-0.4, -0.2) is 50.2 Å². The Bertz CT molecular complexity index is 1290. The van der Waals surface area contributed by atoms with E-state index in [4.69, 9.17) is 0 Å². The van der Waals surface area contributed by atoms with Crippen molar-refractivity contribution >= 4 is 21.8 Å². The molecule has 212 valence electrons. The van der Waals surface area contributed by atoms with E-state index in [-0.39, 0.29) is 36.4 Å². The number of sulfonamides is 1. The molecule has 4 rings (SSSR count). The predicted octanol–water partition coefficient (Wildman–Crippen LogP) is 3.59. The first-order valence-corrected chi connectivity index (χ1v) is 15.4. The van der Waals surface area contributed by atoms with Gasteiger partial charge in [0.25, 0.3) is 0 Å². The lowest BCUT2D eigenvalue weighted by molar-refractivity contribution is -0.132. The fraction of sp³-hybridized carbons (Fsp3) is 0.533. The molecule has 9 heteroatoms. The summed E-state index contributed by atoms with van der Waals surface area (Å²) in [6.45, 7) is 10.7. The largest absolute Gasteiger partial charge is 0.353 e. The minimum atomic E-state index is -3.92. The molecule has 1 aliphatic heterocycles. The van der Waals surface area contributed by atoms with Gasteiger partial charge in [-0.05, 0) is 73.4 Å². The summed E-state index contributed by atoms with van der Waals surface area (Å²) in [5, 5.41) is 9.35. The Kier molecular flexibility index (Phi) is 9.14. The number of carbonyl (C=O) groups excluding carboxylic acids is 2. The Morgan fingerprint density at radius 2 is 1.87 bits per heavy atom. The standard InChI is InChI=1S/C30H42N4O4S/c1-21-8-11-24(12-9-21)39(37,38)34-17-16-32-29(36)27(34)19-28(35)33-26-7-5-6-23-18-22(10-13-25(23)26)20-31-15-14-30(2,3)4/h8-13,18,26-27,31H,5-7,14-17,19-20H2,1-4H3,(H,32,36)(H,33,35)/t26-,27-/m1/s1. The number of amides is 2. The number of fused-ring (bicyclic) bond motifs is 1. The molecule has 0 aromatic heterocycles. The third-order valence-electron chi connectivity index (χ3n) is 7.53. The van der Waals surface area contributed by atoms with Gasteiger partial charge in [0.1, 0.15) is 6.04 Å². The summed E-state index contributed by atoms with van der Waals surface area (Å²) in [5.74, 6) is -0.772. The zero-order valence-electron chi connectivity index (χ0n) is 23.5. The van der Waals surface area contributed by atoms with Gasteiger partial charge in [-0.2, -0.15) is 4.31 Å². The van der Waals surface area contributed by atoms with Gasteiger partial charge >= 0.3 is 0 Å². The van der Waals surface area contributed by atoms with Crippen LogP contribution in [0.4, 0.5) is 0 Å². The first-order chi connectivity index (χ1) is 18.4. The molecule has 1 heterocycles. The highest BCUT2D eigenvalue weighted by atomic mass is 32.2. The Balaban J connectivity index is 1.41. The minimum absolute atomic E-state index is 0.123. The number of nitrogens with zero attached hydrogens (tertiary/aromatic N) is 1. The topological polar surface area (TPSA) is 108 Å². The molecule has 0 spiro atoms. The second-order valence-corrected chi connectivity index (χ2v) is 13.9. The Morgan fingerprint density at radius 1 is 1.13 bits per heavy atom. The SMILES string of the molecule is Cc1ccc(S(=O)(=O)N2CCNC(=O)[C@H]2CC(=O)N[C@@H]2CCCc3cc(CNCCC(C)(C)C)ccc32)cc1. The maximum absolute atomic E-state index is 13.4. The van der Waals surface area contributed by atoms with Crippen molar-refractivity contribution in [3.05, 3.63) is 64.7 Å². The van der Waals surface area contributed by atoms with Crippen molar-refractivity contribution in [1.82, 2.24) is 20.3 Å². The van der Waals surface area contributed by atoms with Gasteiger partial charge in [0.15, 0.2) is 0 Å². The van der Waals surface area contributed by atoms with Crippen LogP contribution >= 0.6 is 0 Å². The normalized spacial score (nSPS) is 20.3. The quantitative estimate of drug-likeness (QED) is 0.411. The average Bonchev–Trinajstić information content (AvgIpc) is 2.87. The Hall–Kier alpha value is -2.75. The lowest BCUT2D eigenvalue weighted by Crippen LogP contribution is -2.58. The Labute approximate surface area is 233 Å². The van der Waals surface area contributed by atoms with Crippen LogP contribution in [0.5, 0.6) is 0 Å². The van der Waals surface area contributed by atoms with E-state index in [1.165, 1.54) is 15.4 Å². The van der Waals surface area contributed by atoms with Gasteiger partial charge in [0.05, 0.1) is 17.4 Å². The van der Waals surface area contributed by atoms with Gasteiger partial charge in [0.2, 0.25) is 21.8 Å². The second kappa shape index (κ2) is 12.2. The van der Waals surface area contributed by atoms with Gasteiger partial charge in [-0.1, -0.05) is 56.7 Å². The fourth-order valence-electron chi connectivity index (χ4n) is 5.27. The summed E-state index contributed by atoms with van der Waals surface area (Å²) in [7, 11) is -3.92. The van der Waals surface area contributed by atoms with Crippen LogP contribution in [0.2, 0.25) is 0 Å². The maximum atomic E-state index is 13.4. The monoisotopic (exact) mass is 554 g/mol. The fourth-order valence-corrected chi connectivity index (χ4v) is 6.86. The maximum Gasteiger partial charge on any atom is 0.243 e. The molecule has 0 unspecified atom stereocenters. The number of piperazine rings is 1. The molecule has 0 saturated carbocycles. The van der Waals surface area contributed by atoms with Crippen LogP contribution in [0.3, 0.4) is 0 Å². The number of benzene rings is 2. The van der Waals surface area contributed by atoms with Gasteiger partial charge in [-0.15, -0.1) is 0 Å². The zero-order chi connectivity index (χ0) is 28.2. The highest BCUT2D eigenvalue weighted by molar-refractivity contribution is 7.89. The van der Waals surface area contributed by atoms with Gasteiger partial charge in [-0.3, -0.25) is 9.59 Å². The molecule has 0 radical (unpaired) electrons. The second-order valence-electron chi connectivity index (χ2n) is 12.0. The summed E-state index contributed by atoms with van der Waals surface area (Å²) in [6.07, 6.45) is 3.61. The molecule has 2 atom stereocenters. The van der Waals surface area contributed by atoms with E-state index < -0.39 is 22.0 Å². The van der Waals surface area contributed by atoms with Crippen LogP contribution in [-0.2, 0) is 32.6 Å². The van der Waals surface area contributed by atoms with Crippen molar-refractivity contribution in [3.8, 4) is 0 Å². The summed E-state index contributed by atoms with van der Waals surface area (Å²) in [6, 6.07) is 11.7. The van der Waals surface area contributed by atoms with Crippen LogP contribution < -0.4 is 16.0 Å². The minimum Gasteiger partial charge on any atom is -0.353 e. The van der Waals surface area contributed by atoms with Crippen molar-refractivity contribution in [2.45, 2.75) is 83.3 Å². The third-order valence-corrected chi connectivity index (χ3v) is 9.45. The molecular weight excluding hydrogens is 512 g/mol. The number of aryl methyl sites for hydroxylation is 2. The molecular formula is C30H42N4O4S. The molecule has 2 aromatic carbocycles. The predicted molar refractivity (Wildman–Crippen MR) is 153 cm³/mol. The molecule has 39 heavy (non-hydrogen) atoms. The third kappa shape index (κ3) is 7.47. The molecule has 1 aliphatic carbocycles. The number of hydrogen-bond donors (Lipinski definition) is 3. The lowest BCUT2D eigenvalue weighted by atomic mass is 9.86. The van der Waals surface area contributed by atoms with Crippen molar-refractivity contribution in [3.63, 3.8) is 0 Å². The molecule has 2 aliphatic rings. The summed E-state index contributed by atoms with van der Waals surface area (Å²) < 4.78 is 27.9. The highest BCUT2D eigenvalue weighted by Gasteiger charge is 2.40. The van der Waals surface area contributed by atoms with Gasteiger partial charge < -0.3 is 16.0 Å². The van der Waals surface area contributed by atoms with Crippen molar-refractivity contribution in [2.75, 3.05) is 19.6 Å². The van der Waals surface area contributed by atoms with Gasteiger partial charge in [-0.25, -0.2) is 8.42 Å². The highest BCUT2D eigenvalue weighted by Crippen LogP contribution is 2.31. The Morgan fingerprint density at radius 3 is 2.59 bits per heavy atom. The summed E-state index contributed by atoms with van der Waals surface area (Å²) in [5.41, 5.74) is 4.81.